The number of hydrogen-bond donors (Lipinski definition) is 2. The lowest BCUT2D eigenvalue weighted by Crippen LogP contribution is -2.55. The van der Waals surface area contributed by atoms with E-state index in [9.17, 15) is 14.0 Å². The Morgan fingerprint density at radius 1 is 1.33 bits per heavy atom. The molecule has 0 saturated heterocycles. The van der Waals surface area contributed by atoms with Crippen molar-refractivity contribution in [2.45, 2.75) is 31.9 Å². The van der Waals surface area contributed by atoms with Crippen LogP contribution in [0.5, 0.6) is 0 Å². The fourth-order valence-electron chi connectivity index (χ4n) is 3.82. The summed E-state index contributed by atoms with van der Waals surface area (Å²) in [6, 6.07) is 2.77. The Labute approximate surface area is 172 Å². The number of allylic oxidation sites excluding steroid dienone is 1. The maximum absolute atomic E-state index is 15.0. The molecule has 10 heteroatoms. The maximum Gasteiger partial charge on any atom is 0.338 e. The number of amides is 1. The van der Waals surface area contributed by atoms with Crippen molar-refractivity contribution in [3.63, 3.8) is 0 Å². The molecule has 0 radical (unpaired) electrons. The van der Waals surface area contributed by atoms with Gasteiger partial charge in [0.15, 0.2) is 5.54 Å². The highest BCUT2D eigenvalue weighted by molar-refractivity contribution is 6.09. The molecule has 1 aromatic heterocycles. The number of primary amides is 1. The molecule has 0 bridgehead atoms. The molecule has 0 aliphatic carbocycles. The summed E-state index contributed by atoms with van der Waals surface area (Å²) in [5.41, 5.74) is 6.93. The predicted molar refractivity (Wildman–Crippen MR) is 108 cm³/mol. The van der Waals surface area contributed by atoms with E-state index in [1.165, 1.54) is 17.0 Å². The van der Waals surface area contributed by atoms with Crippen LogP contribution in [0.1, 0.15) is 26.3 Å². The molecule has 3 heterocycles. The topological polar surface area (TPSA) is 115 Å². The van der Waals surface area contributed by atoms with Crippen LogP contribution in [-0.2, 0) is 26.9 Å². The summed E-state index contributed by atoms with van der Waals surface area (Å²) >= 11 is 0. The number of nitrogens with two attached hydrogens (primary N) is 1. The number of fused-ring (bicyclic) bond motifs is 2. The van der Waals surface area contributed by atoms with Crippen LogP contribution < -0.4 is 11.2 Å². The molecule has 2 aromatic rings. The first-order valence-electron chi connectivity index (χ1n) is 9.49. The first-order valence-corrected chi connectivity index (χ1v) is 9.49. The Hall–Kier alpha value is -3.27. The van der Waals surface area contributed by atoms with Crippen LogP contribution >= 0.6 is 0 Å². The second-order valence-corrected chi connectivity index (χ2v) is 8.37. The molecule has 1 aromatic carbocycles. The van der Waals surface area contributed by atoms with Gasteiger partial charge in [-0.25, -0.2) is 14.6 Å². The number of rotatable bonds is 3. The van der Waals surface area contributed by atoms with Gasteiger partial charge >= 0.3 is 5.97 Å². The first kappa shape index (κ1) is 20.0. The second kappa shape index (κ2) is 6.63. The molecule has 0 saturated carbocycles. The summed E-state index contributed by atoms with van der Waals surface area (Å²) in [4.78, 5) is 30.3. The highest BCUT2D eigenvalue weighted by Crippen LogP contribution is 2.41. The zero-order chi connectivity index (χ0) is 21.8. The number of benzene rings is 1. The minimum absolute atomic E-state index is 0.0464. The van der Waals surface area contributed by atoms with Crippen LogP contribution in [0.15, 0.2) is 34.6 Å². The van der Waals surface area contributed by atoms with Crippen LogP contribution in [0.2, 0.25) is 0 Å². The van der Waals surface area contributed by atoms with Gasteiger partial charge in [-0.05, 0) is 38.5 Å². The lowest BCUT2D eigenvalue weighted by Gasteiger charge is -2.34. The van der Waals surface area contributed by atoms with Gasteiger partial charge in [-0.3, -0.25) is 14.5 Å². The monoisotopic (exact) mass is 414 g/mol. The molecule has 1 amide bonds. The number of aryl methyl sites for hydroxylation is 1. The fourth-order valence-corrected chi connectivity index (χ4v) is 3.82. The minimum atomic E-state index is -1.84. The number of aliphatic imine (C=N–C) groups is 1. The molecule has 1 atom stereocenters. The fraction of sp³-hybridized carbons (Fsp3) is 0.400. The Balaban J connectivity index is 2.01. The van der Waals surface area contributed by atoms with Crippen molar-refractivity contribution in [3.05, 3.63) is 41.0 Å². The third kappa shape index (κ3) is 3.04. The first-order chi connectivity index (χ1) is 14.0. The van der Waals surface area contributed by atoms with Gasteiger partial charge in [0, 0.05) is 19.5 Å². The highest BCUT2D eigenvalue weighted by Gasteiger charge is 2.56. The predicted octanol–water partition coefficient (Wildman–Crippen LogP) is 0.893. The van der Waals surface area contributed by atoms with Gasteiger partial charge in [-0.15, -0.1) is 0 Å². The van der Waals surface area contributed by atoms with Gasteiger partial charge in [0.1, 0.15) is 11.4 Å². The number of carbonyl (C=O) groups is 2. The number of nitrogens with zero attached hydrogens (tertiary/aromatic N) is 4. The molecule has 1 unspecified atom stereocenters. The smallest absolute Gasteiger partial charge is 0.338 e. The van der Waals surface area contributed by atoms with Crippen molar-refractivity contribution in [2.24, 2.45) is 17.8 Å². The maximum atomic E-state index is 15.0. The Morgan fingerprint density at radius 2 is 2.07 bits per heavy atom. The lowest BCUT2D eigenvalue weighted by molar-refractivity contribution is -0.163. The largest absolute Gasteiger partial charge is 0.458 e. The molecule has 0 fully saturated rings. The van der Waals surface area contributed by atoms with E-state index in [2.05, 4.69) is 15.5 Å². The molecule has 2 aliphatic heterocycles. The third-order valence-corrected chi connectivity index (χ3v) is 4.96. The average molecular weight is 414 g/mol. The van der Waals surface area contributed by atoms with Gasteiger partial charge in [0.2, 0.25) is 5.91 Å². The zero-order valence-corrected chi connectivity index (χ0v) is 17.2. The van der Waals surface area contributed by atoms with E-state index in [0.29, 0.717) is 29.7 Å². The van der Waals surface area contributed by atoms with E-state index in [0.717, 1.165) is 0 Å². The van der Waals surface area contributed by atoms with Crippen molar-refractivity contribution in [1.82, 2.24) is 20.2 Å². The number of aromatic nitrogens is 2. The highest BCUT2D eigenvalue weighted by atomic mass is 19.1. The second-order valence-electron chi connectivity index (χ2n) is 8.37. The van der Waals surface area contributed by atoms with Crippen LogP contribution in [0.25, 0.3) is 10.9 Å². The summed E-state index contributed by atoms with van der Waals surface area (Å²) in [6.45, 7) is 5.99. The molecule has 0 spiro atoms. The van der Waals surface area contributed by atoms with E-state index in [1.807, 2.05) is 0 Å². The summed E-state index contributed by atoms with van der Waals surface area (Å²) in [5.74, 6) is -2.18. The molecule has 158 valence electrons. The molecule has 3 N–H and O–H groups in total. The molecule has 9 nitrogen and oxygen atoms in total. The Kier molecular flexibility index (Phi) is 4.42. The normalized spacial score (nSPS) is 21.3. The Bertz CT molecular complexity index is 1130. The van der Waals surface area contributed by atoms with Crippen molar-refractivity contribution in [3.8, 4) is 0 Å². The van der Waals surface area contributed by atoms with Gasteiger partial charge < -0.3 is 15.5 Å². The van der Waals surface area contributed by atoms with Crippen molar-refractivity contribution in [1.29, 1.82) is 0 Å². The van der Waals surface area contributed by atoms with Crippen molar-refractivity contribution < 1.29 is 18.7 Å². The summed E-state index contributed by atoms with van der Waals surface area (Å²) < 4.78 is 22.1. The average Bonchev–Trinajstić information content (AvgIpc) is 3.18. The number of esters is 1. The molecule has 2 aliphatic rings. The van der Waals surface area contributed by atoms with E-state index in [4.69, 9.17) is 10.5 Å². The number of ether oxygens (including phenoxy) is 1. The number of carbonyl (C=O) groups excluding carboxylic acids is 2. The van der Waals surface area contributed by atoms with Gasteiger partial charge in [-0.1, -0.05) is 0 Å². The van der Waals surface area contributed by atoms with E-state index >= 15 is 0 Å². The van der Waals surface area contributed by atoms with Crippen LogP contribution in [0.3, 0.4) is 0 Å². The van der Waals surface area contributed by atoms with Gasteiger partial charge in [0.05, 0.1) is 35.3 Å². The minimum Gasteiger partial charge on any atom is -0.458 e. The SMILES string of the molecule is Cn1cc2c(F)cc(C3(C(=O)OC(C)(C)C)NN4CCN=CC4=C3C(N)=O)cc2n1. The van der Waals surface area contributed by atoms with Crippen molar-refractivity contribution in [2.75, 3.05) is 13.1 Å². The number of hydrazine groups is 1. The summed E-state index contributed by atoms with van der Waals surface area (Å²) in [5, 5.41) is 6.18. The van der Waals surface area contributed by atoms with Crippen LogP contribution in [-0.4, -0.2) is 51.6 Å². The van der Waals surface area contributed by atoms with Crippen LogP contribution in [0, 0.1) is 5.82 Å². The van der Waals surface area contributed by atoms with Gasteiger partial charge in [0.25, 0.3) is 0 Å². The molecule has 30 heavy (non-hydrogen) atoms. The van der Waals surface area contributed by atoms with Crippen LogP contribution in [0.4, 0.5) is 4.39 Å². The summed E-state index contributed by atoms with van der Waals surface area (Å²) in [6.07, 6.45) is 3.03. The Morgan fingerprint density at radius 3 is 2.73 bits per heavy atom. The van der Waals surface area contributed by atoms with Gasteiger partial charge in [-0.2, -0.15) is 5.10 Å². The molecular formula is C20H23FN6O3. The van der Waals surface area contributed by atoms with Crippen molar-refractivity contribution >= 4 is 29.0 Å². The number of nitrogens with one attached hydrogen (secondary N) is 1. The molecular weight excluding hydrogens is 391 g/mol. The lowest BCUT2D eigenvalue weighted by atomic mass is 9.82. The number of halogens is 1. The quantitative estimate of drug-likeness (QED) is 0.721. The molecule has 4 rings (SSSR count). The van der Waals surface area contributed by atoms with E-state index in [1.54, 1.807) is 45.1 Å². The zero-order valence-electron chi connectivity index (χ0n) is 17.2. The van der Waals surface area contributed by atoms with E-state index < -0.39 is 28.8 Å². The summed E-state index contributed by atoms with van der Waals surface area (Å²) in [7, 11) is 1.67. The number of hydrogen-bond acceptors (Lipinski definition) is 7. The standard InChI is InChI=1S/C20H23FN6O3/c1-19(2,3)30-18(29)20(11-7-13(21)12-10-26(4)24-14(12)8-11)16(17(22)28)15-9-23-5-6-27(15)25-20/h7-10,25H,5-6H2,1-4H3,(H2,22,28). The third-order valence-electron chi connectivity index (χ3n) is 4.96. The van der Waals surface area contributed by atoms with E-state index in [-0.39, 0.29) is 11.1 Å².